The summed E-state index contributed by atoms with van der Waals surface area (Å²) in [5.74, 6) is 2.15. The van der Waals surface area contributed by atoms with Gasteiger partial charge in [0.25, 0.3) is 0 Å². The second kappa shape index (κ2) is 12.7. The number of aliphatic imine (C=N–C) groups is 1. The Bertz CT molecular complexity index is 535. The molecule has 1 aromatic rings. The molecule has 2 N–H and O–H groups in total. The molecule has 1 rings (SSSR count). The summed E-state index contributed by atoms with van der Waals surface area (Å²) in [4.78, 5) is 4.63. The Balaban J connectivity index is 2.61. The highest BCUT2D eigenvalue weighted by Crippen LogP contribution is 2.11. The molecular formula is C18H31N3O3S. The molecule has 0 amide bonds. The van der Waals surface area contributed by atoms with Crippen molar-refractivity contribution in [2.24, 2.45) is 4.99 Å². The molecule has 2 atom stereocenters. The number of guanidine groups is 1. The SMILES string of the molecule is CCOCCCNC(=NCc1ccc(OC)cc1)NC(C)CS(C)=O. The van der Waals surface area contributed by atoms with Crippen LogP contribution in [0, 0.1) is 0 Å². The van der Waals surface area contributed by atoms with Gasteiger partial charge in [-0.15, -0.1) is 0 Å². The van der Waals surface area contributed by atoms with Crippen LogP contribution in [-0.2, 0) is 22.1 Å². The summed E-state index contributed by atoms with van der Waals surface area (Å²) in [5.41, 5.74) is 1.10. The van der Waals surface area contributed by atoms with Crippen LogP contribution in [0.5, 0.6) is 5.75 Å². The summed E-state index contributed by atoms with van der Waals surface area (Å²) in [6.07, 6.45) is 2.62. The smallest absolute Gasteiger partial charge is 0.191 e. The first kappa shape index (κ1) is 21.4. The van der Waals surface area contributed by atoms with E-state index in [0.717, 1.165) is 43.5 Å². The van der Waals surface area contributed by atoms with Gasteiger partial charge in [-0.05, 0) is 38.0 Å². The summed E-state index contributed by atoms with van der Waals surface area (Å²) < 4.78 is 21.9. The van der Waals surface area contributed by atoms with E-state index in [2.05, 4.69) is 15.6 Å². The van der Waals surface area contributed by atoms with Crippen LogP contribution in [0.1, 0.15) is 25.8 Å². The van der Waals surface area contributed by atoms with E-state index in [1.807, 2.05) is 38.1 Å². The summed E-state index contributed by atoms with van der Waals surface area (Å²) >= 11 is 0. The molecular weight excluding hydrogens is 338 g/mol. The average Bonchev–Trinajstić information content (AvgIpc) is 2.59. The quantitative estimate of drug-likeness (QED) is 0.354. The van der Waals surface area contributed by atoms with E-state index in [-0.39, 0.29) is 6.04 Å². The first-order valence-electron chi connectivity index (χ1n) is 8.60. The second-order valence-electron chi connectivity index (χ2n) is 5.78. The number of hydrogen-bond acceptors (Lipinski definition) is 4. The van der Waals surface area contributed by atoms with E-state index in [4.69, 9.17) is 9.47 Å². The maximum absolute atomic E-state index is 11.4. The number of benzene rings is 1. The average molecular weight is 370 g/mol. The first-order chi connectivity index (χ1) is 12.0. The molecule has 0 bridgehead atoms. The summed E-state index contributed by atoms with van der Waals surface area (Å²) in [7, 11) is 0.808. The molecule has 0 saturated carbocycles. The van der Waals surface area contributed by atoms with Gasteiger partial charge in [0.05, 0.1) is 13.7 Å². The highest BCUT2D eigenvalue weighted by molar-refractivity contribution is 7.84. The number of hydrogen-bond donors (Lipinski definition) is 2. The molecule has 0 radical (unpaired) electrons. The van der Waals surface area contributed by atoms with Crippen molar-refractivity contribution in [1.82, 2.24) is 10.6 Å². The zero-order chi connectivity index (χ0) is 18.5. The van der Waals surface area contributed by atoms with Crippen LogP contribution in [0.25, 0.3) is 0 Å². The molecule has 0 aromatic heterocycles. The Hall–Kier alpha value is -1.60. The van der Waals surface area contributed by atoms with Gasteiger partial charge in [0.2, 0.25) is 0 Å². The van der Waals surface area contributed by atoms with Crippen LogP contribution in [0.3, 0.4) is 0 Å². The molecule has 0 aliphatic carbocycles. The Labute approximate surface area is 153 Å². The van der Waals surface area contributed by atoms with E-state index in [0.29, 0.717) is 12.3 Å². The fraction of sp³-hybridized carbons (Fsp3) is 0.611. The van der Waals surface area contributed by atoms with Crippen molar-refractivity contribution in [3.05, 3.63) is 29.8 Å². The number of ether oxygens (including phenoxy) is 2. The molecule has 0 spiro atoms. The molecule has 1 aromatic carbocycles. The third kappa shape index (κ3) is 10.1. The lowest BCUT2D eigenvalue weighted by atomic mass is 10.2. The third-order valence-corrected chi connectivity index (χ3v) is 4.38. The lowest BCUT2D eigenvalue weighted by molar-refractivity contribution is 0.145. The zero-order valence-electron chi connectivity index (χ0n) is 15.7. The topological polar surface area (TPSA) is 71.9 Å². The Morgan fingerprint density at radius 3 is 2.64 bits per heavy atom. The van der Waals surface area contributed by atoms with Crippen molar-refractivity contribution < 1.29 is 13.7 Å². The predicted molar refractivity (Wildman–Crippen MR) is 105 cm³/mol. The second-order valence-corrected chi connectivity index (χ2v) is 7.26. The van der Waals surface area contributed by atoms with Crippen LogP contribution in [0.4, 0.5) is 0 Å². The lowest BCUT2D eigenvalue weighted by Crippen LogP contribution is -2.44. The third-order valence-electron chi connectivity index (χ3n) is 3.41. The molecule has 142 valence electrons. The molecule has 2 unspecified atom stereocenters. The fourth-order valence-corrected chi connectivity index (χ4v) is 2.99. The minimum Gasteiger partial charge on any atom is -0.497 e. The van der Waals surface area contributed by atoms with Crippen LogP contribution >= 0.6 is 0 Å². The molecule has 0 saturated heterocycles. The van der Waals surface area contributed by atoms with E-state index >= 15 is 0 Å². The van der Waals surface area contributed by atoms with Crippen LogP contribution < -0.4 is 15.4 Å². The van der Waals surface area contributed by atoms with Crippen LogP contribution in [0.2, 0.25) is 0 Å². The van der Waals surface area contributed by atoms with Gasteiger partial charge in [-0.3, -0.25) is 4.21 Å². The Morgan fingerprint density at radius 2 is 2.04 bits per heavy atom. The zero-order valence-corrected chi connectivity index (χ0v) is 16.5. The summed E-state index contributed by atoms with van der Waals surface area (Å²) in [5, 5.41) is 6.62. The van der Waals surface area contributed by atoms with Crippen molar-refractivity contribution in [1.29, 1.82) is 0 Å². The molecule has 7 heteroatoms. The molecule has 0 fully saturated rings. The van der Waals surface area contributed by atoms with Gasteiger partial charge in [-0.2, -0.15) is 0 Å². The standard InChI is InChI=1S/C18H31N3O3S/c1-5-24-12-6-11-19-18(21-15(2)14-25(4)22)20-13-16-7-9-17(23-3)10-8-16/h7-10,15H,5-6,11-14H2,1-4H3,(H2,19,20,21). The summed E-state index contributed by atoms with van der Waals surface area (Å²) in [6, 6.07) is 7.94. The van der Waals surface area contributed by atoms with Crippen molar-refractivity contribution in [2.75, 3.05) is 38.9 Å². The minimum atomic E-state index is -0.845. The van der Waals surface area contributed by atoms with Gasteiger partial charge in [0, 0.05) is 48.6 Å². The monoisotopic (exact) mass is 369 g/mol. The fourth-order valence-electron chi connectivity index (χ4n) is 2.21. The predicted octanol–water partition coefficient (Wildman–Crippen LogP) is 1.92. The van der Waals surface area contributed by atoms with Crippen molar-refractivity contribution in [2.45, 2.75) is 32.9 Å². The maximum Gasteiger partial charge on any atom is 0.191 e. The van der Waals surface area contributed by atoms with Gasteiger partial charge in [0.1, 0.15) is 5.75 Å². The molecule has 0 aliphatic heterocycles. The molecule has 0 heterocycles. The normalized spacial score (nSPS) is 14.0. The van der Waals surface area contributed by atoms with Gasteiger partial charge in [-0.25, -0.2) is 4.99 Å². The Morgan fingerprint density at radius 1 is 1.32 bits per heavy atom. The maximum atomic E-state index is 11.4. The molecule has 25 heavy (non-hydrogen) atoms. The number of rotatable bonds is 11. The van der Waals surface area contributed by atoms with Crippen molar-refractivity contribution in [3.63, 3.8) is 0 Å². The van der Waals surface area contributed by atoms with Gasteiger partial charge < -0.3 is 20.1 Å². The molecule has 6 nitrogen and oxygen atoms in total. The number of nitrogens with one attached hydrogen (secondary N) is 2. The largest absolute Gasteiger partial charge is 0.497 e. The number of methoxy groups -OCH3 is 1. The van der Waals surface area contributed by atoms with E-state index < -0.39 is 10.8 Å². The van der Waals surface area contributed by atoms with Crippen LogP contribution in [-0.4, -0.2) is 55.1 Å². The molecule has 0 aliphatic rings. The van der Waals surface area contributed by atoms with E-state index in [9.17, 15) is 4.21 Å². The Kier molecular flexibility index (Phi) is 10.9. The van der Waals surface area contributed by atoms with Crippen LogP contribution in [0.15, 0.2) is 29.3 Å². The van der Waals surface area contributed by atoms with Gasteiger partial charge >= 0.3 is 0 Å². The summed E-state index contributed by atoms with van der Waals surface area (Å²) in [6.45, 7) is 6.79. The highest BCUT2D eigenvalue weighted by atomic mass is 32.2. The van der Waals surface area contributed by atoms with E-state index in [1.54, 1.807) is 13.4 Å². The minimum absolute atomic E-state index is 0.0832. The lowest BCUT2D eigenvalue weighted by Gasteiger charge is -2.17. The van der Waals surface area contributed by atoms with Gasteiger partial charge in [-0.1, -0.05) is 12.1 Å². The van der Waals surface area contributed by atoms with E-state index in [1.165, 1.54) is 0 Å². The highest BCUT2D eigenvalue weighted by Gasteiger charge is 2.07. The van der Waals surface area contributed by atoms with Gasteiger partial charge in [0.15, 0.2) is 5.96 Å². The van der Waals surface area contributed by atoms with Crippen molar-refractivity contribution >= 4 is 16.8 Å². The number of nitrogens with zero attached hydrogens (tertiary/aromatic N) is 1. The first-order valence-corrected chi connectivity index (χ1v) is 10.3. The van der Waals surface area contributed by atoms with Crippen molar-refractivity contribution in [3.8, 4) is 5.75 Å².